The fraction of sp³-hybridized carbons (Fsp3) is 0.828. The first kappa shape index (κ1) is 47.4. The van der Waals surface area contributed by atoms with Gasteiger partial charge in [-0.3, -0.25) is 13.6 Å². The monoisotopic (exact) mass is 842 g/mol. The molecule has 0 aromatic heterocycles. The van der Waals surface area contributed by atoms with Crippen LogP contribution in [0.4, 0.5) is 4.79 Å². The zero-order chi connectivity index (χ0) is 37.1. The number of carbonyl (C=O) groups excluding carboxylic acids is 1. The molecule has 49 heavy (non-hydrogen) atoms. The van der Waals surface area contributed by atoms with Gasteiger partial charge in [0.05, 0.1) is 25.9 Å². The highest BCUT2D eigenvalue weighted by molar-refractivity contribution is 7.48. The Morgan fingerprint density at radius 2 is 1.63 bits per heavy atom. The van der Waals surface area contributed by atoms with Crippen molar-refractivity contribution in [2.75, 3.05) is 47.3 Å². The molecule has 1 aliphatic rings. The van der Waals surface area contributed by atoms with Crippen molar-refractivity contribution in [3.8, 4) is 0 Å². The number of phosphoric acid groups is 1. The Kier molecular flexibility index (Phi) is 23.8. The second-order valence-corrected chi connectivity index (χ2v) is 17.3. The zero-order valence-electron chi connectivity index (χ0n) is 27.9. The lowest BCUT2D eigenvalue weighted by atomic mass is 9.96. The summed E-state index contributed by atoms with van der Waals surface area (Å²) in [7, 11) is -1.37. The molecule has 0 spiro atoms. The summed E-state index contributed by atoms with van der Waals surface area (Å²) < 4.78 is 61.2. The molecule has 1 saturated heterocycles. The number of methoxy groups -OCH3 is 2. The van der Waals surface area contributed by atoms with E-state index in [1.54, 1.807) is 7.11 Å². The second-order valence-electron chi connectivity index (χ2n) is 10.8. The van der Waals surface area contributed by atoms with Crippen LogP contribution in [0.3, 0.4) is 0 Å². The number of halogens is 6. The standard InChI is InChI=1S/C29H49Cl6N2O11P/c1-6-9-10-11-12-13-20(41-5)14-17-42-24-22(37-27(38)43-19-28(30,31)32)25(47-26(36)29(33,34)35)46-21(18-40-4)23(24)48-49(39,44-15-7-2)45-16-8-3/h7-8,20-26H,2-3,6,9-19,36H2,1,4-5H3,(H,37,38)/t20-,21-,22-,23-,24-,25?,26-/m1/s1. The quantitative estimate of drug-likeness (QED) is 0.0307. The molecule has 0 saturated carbocycles. The van der Waals surface area contributed by atoms with Gasteiger partial charge in [-0.1, -0.05) is 121 Å². The third-order valence-corrected chi connectivity index (χ3v) is 9.30. The third kappa shape index (κ3) is 19.3. The minimum atomic E-state index is -4.38. The summed E-state index contributed by atoms with van der Waals surface area (Å²) >= 11 is 35.3. The van der Waals surface area contributed by atoms with Crippen LogP contribution in [-0.2, 0) is 46.6 Å². The van der Waals surface area contributed by atoms with Crippen LogP contribution in [-0.4, -0.2) is 104 Å². The SMILES string of the molecule is C=CCOP(=O)(OCC=C)O[C@H]1[C@H](OCC[C@@H](CCCCCCC)OC)[C@@H](NC(=O)OCC(Cl)(Cl)Cl)C(O[C@@H](N)C(Cl)(Cl)Cl)O[C@@H]1COC. The third-order valence-electron chi connectivity index (χ3n) is 6.90. The van der Waals surface area contributed by atoms with Crippen LogP contribution in [0.2, 0.25) is 0 Å². The average molecular weight is 845 g/mol. The van der Waals surface area contributed by atoms with Gasteiger partial charge in [-0.05, 0) is 12.8 Å². The highest BCUT2D eigenvalue weighted by Crippen LogP contribution is 2.52. The van der Waals surface area contributed by atoms with Crippen molar-refractivity contribution in [3.05, 3.63) is 25.3 Å². The summed E-state index contributed by atoms with van der Waals surface area (Å²) in [5.41, 5.74) is 6.02. The van der Waals surface area contributed by atoms with E-state index < -0.39 is 65.0 Å². The number of nitrogens with one attached hydrogen (secondary N) is 1. The molecule has 0 aromatic rings. The maximum Gasteiger partial charge on any atom is 0.475 e. The zero-order valence-corrected chi connectivity index (χ0v) is 33.3. The largest absolute Gasteiger partial charge is 0.475 e. The van der Waals surface area contributed by atoms with Crippen molar-refractivity contribution >= 4 is 83.5 Å². The van der Waals surface area contributed by atoms with E-state index in [1.165, 1.54) is 19.3 Å². The Labute approximate surface area is 319 Å². The maximum atomic E-state index is 13.9. The van der Waals surface area contributed by atoms with Crippen LogP contribution in [0.15, 0.2) is 25.3 Å². The van der Waals surface area contributed by atoms with Gasteiger partial charge >= 0.3 is 13.9 Å². The van der Waals surface area contributed by atoms with Crippen LogP contribution in [0.5, 0.6) is 0 Å². The fourth-order valence-electron chi connectivity index (χ4n) is 4.57. The lowest BCUT2D eigenvalue weighted by Gasteiger charge is -2.47. The van der Waals surface area contributed by atoms with Gasteiger partial charge < -0.3 is 39.5 Å². The van der Waals surface area contributed by atoms with Gasteiger partial charge in [-0.25, -0.2) is 9.36 Å². The lowest BCUT2D eigenvalue weighted by molar-refractivity contribution is -0.285. The molecule has 1 rings (SSSR count). The summed E-state index contributed by atoms with van der Waals surface area (Å²) in [5.74, 6) is 0. The molecule has 20 heteroatoms. The van der Waals surface area contributed by atoms with E-state index in [9.17, 15) is 9.36 Å². The van der Waals surface area contributed by atoms with Crippen molar-refractivity contribution < 1.29 is 51.4 Å². The van der Waals surface area contributed by atoms with E-state index in [1.807, 2.05) is 0 Å². The lowest BCUT2D eigenvalue weighted by Crippen LogP contribution is -2.67. The van der Waals surface area contributed by atoms with E-state index >= 15 is 0 Å². The molecule has 1 aliphatic heterocycles. The number of alkyl carbamates (subject to hydrolysis) is 1. The number of nitrogens with two attached hydrogens (primary N) is 1. The normalized spacial score (nSPS) is 23.1. The molecule has 0 aliphatic carbocycles. The molecular formula is C29H49Cl6N2O11P. The molecule has 1 unspecified atom stereocenters. The van der Waals surface area contributed by atoms with Gasteiger partial charge in [-0.2, -0.15) is 0 Å². The van der Waals surface area contributed by atoms with E-state index in [2.05, 4.69) is 25.4 Å². The number of unbranched alkanes of at least 4 members (excludes halogenated alkanes) is 4. The van der Waals surface area contributed by atoms with Crippen LogP contribution in [0, 0.1) is 0 Å². The molecule has 0 radical (unpaired) electrons. The molecular weight excluding hydrogens is 796 g/mol. The van der Waals surface area contributed by atoms with Crippen molar-refractivity contribution in [1.82, 2.24) is 5.32 Å². The number of rotatable bonds is 25. The summed E-state index contributed by atoms with van der Waals surface area (Å²) in [6.45, 7) is 8.18. The first-order valence-electron chi connectivity index (χ1n) is 15.6. The van der Waals surface area contributed by atoms with Gasteiger partial charge in [0, 0.05) is 20.8 Å². The number of alkyl halides is 6. The van der Waals surface area contributed by atoms with Crippen molar-refractivity contribution in [1.29, 1.82) is 0 Å². The number of hydrogen-bond donors (Lipinski definition) is 2. The second kappa shape index (κ2) is 24.6. The molecule has 0 bridgehead atoms. The molecule has 1 amide bonds. The smallest absolute Gasteiger partial charge is 0.445 e. The first-order valence-corrected chi connectivity index (χ1v) is 19.3. The van der Waals surface area contributed by atoms with Crippen molar-refractivity contribution in [3.63, 3.8) is 0 Å². The summed E-state index contributed by atoms with van der Waals surface area (Å²) in [6.07, 6.45) is 1.41. The first-order chi connectivity index (χ1) is 23.0. The predicted molar refractivity (Wildman–Crippen MR) is 192 cm³/mol. The Morgan fingerprint density at radius 3 is 2.16 bits per heavy atom. The van der Waals surface area contributed by atoms with Gasteiger partial charge in [0.1, 0.15) is 31.0 Å². The van der Waals surface area contributed by atoms with Crippen molar-refractivity contribution in [2.45, 2.75) is 102 Å². The number of carbonyl (C=O) groups is 1. The van der Waals surface area contributed by atoms with Gasteiger partial charge in [0.15, 0.2) is 12.5 Å². The minimum absolute atomic E-state index is 0.0631. The predicted octanol–water partition coefficient (Wildman–Crippen LogP) is 7.54. The van der Waals surface area contributed by atoms with Crippen LogP contribution >= 0.6 is 77.4 Å². The number of hydrogen-bond acceptors (Lipinski definition) is 12. The summed E-state index contributed by atoms with van der Waals surface area (Å²) in [5, 5.41) is 2.57. The Balaban J connectivity index is 3.57. The van der Waals surface area contributed by atoms with Crippen LogP contribution < -0.4 is 11.1 Å². The maximum absolute atomic E-state index is 13.9. The summed E-state index contributed by atoms with van der Waals surface area (Å²) in [6, 6.07) is -1.35. The Bertz CT molecular complexity index is 995. The number of ether oxygens (including phenoxy) is 6. The van der Waals surface area contributed by atoms with E-state index in [0.29, 0.717) is 6.42 Å². The molecule has 1 fully saturated rings. The van der Waals surface area contributed by atoms with Crippen LogP contribution in [0.1, 0.15) is 51.9 Å². The highest BCUT2D eigenvalue weighted by atomic mass is 35.6. The number of phosphoric ester groups is 1. The molecule has 288 valence electrons. The van der Waals surface area contributed by atoms with Gasteiger partial charge in [0.25, 0.3) is 0 Å². The molecule has 1 heterocycles. The Hall–Kier alpha value is 0.360. The van der Waals surface area contributed by atoms with Crippen molar-refractivity contribution in [2.24, 2.45) is 5.73 Å². The topological polar surface area (TPSA) is 155 Å². The molecule has 3 N–H and O–H groups in total. The number of amides is 1. The average Bonchev–Trinajstić information content (AvgIpc) is 3.03. The van der Waals surface area contributed by atoms with E-state index in [4.69, 9.17) is 117 Å². The fourth-order valence-corrected chi connectivity index (χ4v) is 6.21. The molecule has 0 aromatic carbocycles. The van der Waals surface area contributed by atoms with Gasteiger partial charge in [-0.15, -0.1) is 13.2 Å². The van der Waals surface area contributed by atoms with E-state index in [0.717, 1.165) is 38.5 Å². The molecule has 13 nitrogen and oxygen atoms in total. The van der Waals surface area contributed by atoms with Crippen LogP contribution in [0.25, 0.3) is 0 Å². The highest BCUT2D eigenvalue weighted by Gasteiger charge is 2.53. The Morgan fingerprint density at radius 1 is 1.00 bits per heavy atom. The molecule has 7 atom stereocenters. The summed E-state index contributed by atoms with van der Waals surface area (Å²) in [4.78, 5) is 13.0. The minimum Gasteiger partial charge on any atom is -0.445 e. The van der Waals surface area contributed by atoms with Gasteiger partial charge in [0.2, 0.25) is 7.59 Å². The van der Waals surface area contributed by atoms with E-state index in [-0.39, 0.29) is 32.5 Å².